The van der Waals surface area contributed by atoms with Gasteiger partial charge in [0.1, 0.15) is 0 Å². The van der Waals surface area contributed by atoms with Crippen molar-refractivity contribution in [3.63, 3.8) is 0 Å². The molecule has 3 aromatic rings. The highest BCUT2D eigenvalue weighted by molar-refractivity contribution is 5.82. The molecule has 21 heavy (non-hydrogen) atoms. The molecule has 0 bridgehead atoms. The van der Waals surface area contributed by atoms with Crippen LogP contribution in [-0.4, -0.2) is 9.49 Å². The van der Waals surface area contributed by atoms with Gasteiger partial charge in [-0.1, -0.05) is 18.2 Å². The van der Waals surface area contributed by atoms with Crippen molar-refractivity contribution < 1.29 is 4.92 Å². The van der Waals surface area contributed by atoms with Crippen molar-refractivity contribution in [2.45, 2.75) is 20.4 Å². The third kappa shape index (κ3) is 2.40. The predicted octanol–water partition coefficient (Wildman–Crippen LogP) is 4.21. The molecule has 1 heterocycles. The molecule has 0 amide bonds. The maximum atomic E-state index is 10.8. The monoisotopic (exact) mass is 280 g/mol. The van der Waals surface area contributed by atoms with Gasteiger partial charge in [0.25, 0.3) is 5.69 Å². The lowest BCUT2D eigenvalue weighted by molar-refractivity contribution is -0.384. The minimum atomic E-state index is -0.359. The Morgan fingerprint density at radius 3 is 2.48 bits per heavy atom. The fourth-order valence-corrected chi connectivity index (χ4v) is 2.71. The van der Waals surface area contributed by atoms with Gasteiger partial charge in [0, 0.05) is 35.8 Å². The lowest BCUT2D eigenvalue weighted by Gasteiger charge is -2.11. The fraction of sp³-hybridized carbons (Fsp3) is 0.176. The summed E-state index contributed by atoms with van der Waals surface area (Å²) in [4.78, 5) is 10.5. The second kappa shape index (κ2) is 5.05. The average molecular weight is 280 g/mol. The predicted molar refractivity (Wildman–Crippen MR) is 83.6 cm³/mol. The molecule has 1 aromatic heterocycles. The van der Waals surface area contributed by atoms with Crippen molar-refractivity contribution in [3.05, 3.63) is 75.5 Å². The Bertz CT molecular complexity index is 814. The molecule has 0 fully saturated rings. The first-order valence-corrected chi connectivity index (χ1v) is 6.84. The van der Waals surface area contributed by atoms with Gasteiger partial charge in [0.15, 0.2) is 0 Å². The molecule has 106 valence electrons. The highest BCUT2D eigenvalue weighted by Crippen LogP contribution is 2.24. The van der Waals surface area contributed by atoms with Crippen molar-refractivity contribution in [1.29, 1.82) is 0 Å². The SMILES string of the molecule is Cc1cccc(C)c1Cn1ccc2cc([N+](=O)[O-])ccc21. The molecule has 0 N–H and O–H groups in total. The van der Waals surface area contributed by atoms with Gasteiger partial charge in [-0.3, -0.25) is 10.1 Å². The second-order valence-corrected chi connectivity index (χ2v) is 5.31. The molecule has 3 rings (SSSR count). The Morgan fingerprint density at radius 2 is 1.81 bits per heavy atom. The zero-order valence-electron chi connectivity index (χ0n) is 12.0. The molecule has 4 heteroatoms. The van der Waals surface area contributed by atoms with Crippen molar-refractivity contribution in [3.8, 4) is 0 Å². The van der Waals surface area contributed by atoms with E-state index in [1.54, 1.807) is 12.1 Å². The fourth-order valence-electron chi connectivity index (χ4n) is 2.71. The summed E-state index contributed by atoms with van der Waals surface area (Å²) >= 11 is 0. The van der Waals surface area contributed by atoms with Gasteiger partial charge in [-0.25, -0.2) is 0 Å². The summed E-state index contributed by atoms with van der Waals surface area (Å²) < 4.78 is 2.13. The molecule has 0 unspecified atom stereocenters. The van der Waals surface area contributed by atoms with Crippen LogP contribution >= 0.6 is 0 Å². The minimum absolute atomic E-state index is 0.132. The number of nitro groups is 1. The van der Waals surface area contributed by atoms with E-state index in [0.29, 0.717) is 0 Å². The van der Waals surface area contributed by atoms with Crippen LogP contribution < -0.4 is 0 Å². The van der Waals surface area contributed by atoms with Gasteiger partial charge in [0.05, 0.1) is 4.92 Å². The Labute approximate surface area is 122 Å². The topological polar surface area (TPSA) is 48.1 Å². The van der Waals surface area contributed by atoms with Gasteiger partial charge in [-0.05, 0) is 42.7 Å². The summed E-state index contributed by atoms with van der Waals surface area (Å²) in [6.45, 7) is 5.00. The third-order valence-corrected chi connectivity index (χ3v) is 3.94. The number of aromatic nitrogens is 1. The molecule has 0 aliphatic rings. The van der Waals surface area contributed by atoms with E-state index >= 15 is 0 Å². The van der Waals surface area contributed by atoms with Crippen LogP contribution in [0.25, 0.3) is 10.9 Å². The van der Waals surface area contributed by atoms with Crippen molar-refractivity contribution in [1.82, 2.24) is 4.57 Å². The minimum Gasteiger partial charge on any atom is -0.343 e. The van der Waals surface area contributed by atoms with Crippen LogP contribution in [0.15, 0.2) is 48.7 Å². The molecule has 4 nitrogen and oxygen atoms in total. The van der Waals surface area contributed by atoms with Crippen LogP contribution in [0.3, 0.4) is 0 Å². The number of hydrogen-bond acceptors (Lipinski definition) is 2. The molecule has 0 saturated heterocycles. The number of aryl methyl sites for hydroxylation is 2. The van der Waals surface area contributed by atoms with E-state index in [4.69, 9.17) is 0 Å². The van der Waals surface area contributed by atoms with Crippen molar-refractivity contribution >= 4 is 16.6 Å². The van der Waals surface area contributed by atoms with Crippen LogP contribution in [-0.2, 0) is 6.54 Å². The summed E-state index contributed by atoms with van der Waals surface area (Å²) in [5.41, 5.74) is 4.97. The highest BCUT2D eigenvalue weighted by Gasteiger charge is 2.10. The molecule has 0 radical (unpaired) electrons. The Morgan fingerprint density at radius 1 is 1.10 bits per heavy atom. The van der Waals surface area contributed by atoms with E-state index in [0.717, 1.165) is 17.4 Å². The summed E-state index contributed by atoms with van der Waals surface area (Å²) in [5, 5.41) is 11.7. The van der Waals surface area contributed by atoms with E-state index in [1.165, 1.54) is 16.7 Å². The molecule has 0 spiro atoms. The first-order chi connectivity index (χ1) is 10.1. The van der Waals surface area contributed by atoms with Gasteiger partial charge in [0.2, 0.25) is 0 Å². The summed E-state index contributed by atoms with van der Waals surface area (Å²) in [6.07, 6.45) is 1.99. The normalized spacial score (nSPS) is 11.0. The highest BCUT2D eigenvalue weighted by atomic mass is 16.6. The van der Waals surface area contributed by atoms with Crippen LogP contribution in [0.1, 0.15) is 16.7 Å². The van der Waals surface area contributed by atoms with Gasteiger partial charge in [-0.15, -0.1) is 0 Å². The number of nitrogens with zero attached hydrogens (tertiary/aromatic N) is 2. The number of rotatable bonds is 3. The lowest BCUT2D eigenvalue weighted by Crippen LogP contribution is -2.02. The Balaban J connectivity index is 2.04. The number of nitro benzene ring substituents is 1. The van der Waals surface area contributed by atoms with Crippen molar-refractivity contribution in [2.24, 2.45) is 0 Å². The van der Waals surface area contributed by atoms with Crippen LogP contribution in [0.2, 0.25) is 0 Å². The number of hydrogen-bond donors (Lipinski definition) is 0. The number of non-ortho nitro benzene ring substituents is 1. The largest absolute Gasteiger partial charge is 0.343 e. The molecule has 0 aliphatic heterocycles. The van der Waals surface area contributed by atoms with E-state index in [-0.39, 0.29) is 10.6 Å². The van der Waals surface area contributed by atoms with E-state index in [1.807, 2.05) is 18.3 Å². The van der Waals surface area contributed by atoms with E-state index < -0.39 is 0 Å². The Hall–Kier alpha value is -2.62. The third-order valence-electron chi connectivity index (χ3n) is 3.94. The maximum Gasteiger partial charge on any atom is 0.270 e. The van der Waals surface area contributed by atoms with Crippen LogP contribution in [0.5, 0.6) is 0 Å². The number of benzene rings is 2. The summed E-state index contributed by atoms with van der Waals surface area (Å²) in [5.74, 6) is 0. The van der Waals surface area contributed by atoms with Crippen LogP contribution in [0, 0.1) is 24.0 Å². The van der Waals surface area contributed by atoms with E-state index in [2.05, 4.69) is 36.6 Å². The molecule has 2 aromatic carbocycles. The average Bonchev–Trinajstić information content (AvgIpc) is 2.85. The molecule has 0 saturated carbocycles. The Kier molecular flexibility index (Phi) is 3.22. The smallest absolute Gasteiger partial charge is 0.270 e. The molecular formula is C17H16N2O2. The van der Waals surface area contributed by atoms with Crippen LogP contribution in [0.4, 0.5) is 5.69 Å². The summed E-state index contributed by atoms with van der Waals surface area (Å²) in [7, 11) is 0. The first-order valence-electron chi connectivity index (χ1n) is 6.84. The van der Waals surface area contributed by atoms with Gasteiger partial charge < -0.3 is 4.57 Å². The quantitative estimate of drug-likeness (QED) is 0.533. The summed E-state index contributed by atoms with van der Waals surface area (Å²) in [6, 6.07) is 13.2. The zero-order valence-corrected chi connectivity index (χ0v) is 12.0. The number of fused-ring (bicyclic) bond motifs is 1. The molecule has 0 aliphatic carbocycles. The zero-order chi connectivity index (χ0) is 15.0. The maximum absolute atomic E-state index is 10.8. The molecule has 0 atom stereocenters. The van der Waals surface area contributed by atoms with Gasteiger partial charge in [-0.2, -0.15) is 0 Å². The first kappa shape index (κ1) is 13.4. The standard InChI is InChI=1S/C17H16N2O2/c1-12-4-3-5-13(2)16(12)11-18-9-8-14-10-15(19(20)21)6-7-17(14)18/h3-10H,11H2,1-2H3. The van der Waals surface area contributed by atoms with Crippen molar-refractivity contribution in [2.75, 3.05) is 0 Å². The molecular weight excluding hydrogens is 264 g/mol. The van der Waals surface area contributed by atoms with Gasteiger partial charge >= 0.3 is 0 Å². The van der Waals surface area contributed by atoms with E-state index in [9.17, 15) is 10.1 Å². The second-order valence-electron chi connectivity index (χ2n) is 5.31. The lowest BCUT2D eigenvalue weighted by atomic mass is 10.0.